The zero-order chi connectivity index (χ0) is 28.4. The van der Waals surface area contributed by atoms with Crippen LogP contribution in [0.4, 0.5) is 0 Å². The van der Waals surface area contributed by atoms with Crippen LogP contribution in [0.25, 0.3) is 0 Å². The predicted octanol–water partition coefficient (Wildman–Crippen LogP) is 3.64. The molecule has 2 aliphatic heterocycles. The van der Waals surface area contributed by atoms with Crippen LogP contribution in [-0.4, -0.2) is 99.7 Å². The summed E-state index contributed by atoms with van der Waals surface area (Å²) in [5, 5.41) is 0. The minimum atomic E-state index is -3.20. The van der Waals surface area contributed by atoms with Gasteiger partial charge in [0.05, 0.1) is 24.5 Å². The van der Waals surface area contributed by atoms with Gasteiger partial charge in [-0.15, -0.1) is 0 Å². The number of methoxy groups -OCH3 is 1. The first-order valence-corrected chi connectivity index (χ1v) is 16.2. The van der Waals surface area contributed by atoms with E-state index in [4.69, 9.17) is 9.47 Å². The normalized spacial score (nSPS) is 21.1. The summed E-state index contributed by atoms with van der Waals surface area (Å²) in [6.07, 6.45) is 6.47. The van der Waals surface area contributed by atoms with Gasteiger partial charge in [-0.3, -0.25) is 9.59 Å². The third-order valence-electron chi connectivity index (χ3n) is 7.74. The molecule has 0 bridgehead atoms. The fourth-order valence-electron chi connectivity index (χ4n) is 5.55. The van der Waals surface area contributed by atoms with E-state index in [2.05, 4.69) is 13.8 Å². The highest BCUT2D eigenvalue weighted by Gasteiger charge is 2.31. The van der Waals surface area contributed by atoms with Gasteiger partial charge in [-0.2, -0.15) is 0 Å². The molecule has 1 atom stereocenters. The molecular formula is C29H47N3O6S. The molecule has 0 spiro atoms. The number of fused-ring (bicyclic) bond motifs is 1. The first kappa shape index (κ1) is 31.4. The number of carbonyl (C=O) groups excluding carboxylic acids is 2. The van der Waals surface area contributed by atoms with E-state index in [0.29, 0.717) is 82.4 Å². The van der Waals surface area contributed by atoms with Crippen molar-refractivity contribution < 1.29 is 27.5 Å². The Bertz CT molecular complexity index is 1040. The highest BCUT2D eigenvalue weighted by atomic mass is 32.2. The zero-order valence-electron chi connectivity index (χ0n) is 24.1. The number of hydrogen-bond acceptors (Lipinski definition) is 6. The fraction of sp³-hybridized carbons (Fsp3) is 0.724. The molecule has 2 aliphatic rings. The minimum Gasteiger partial charge on any atom is -0.491 e. The van der Waals surface area contributed by atoms with Gasteiger partial charge in [-0.25, -0.2) is 12.7 Å². The molecule has 1 aromatic rings. The lowest BCUT2D eigenvalue weighted by atomic mass is 9.93. The molecule has 10 heteroatoms. The van der Waals surface area contributed by atoms with E-state index < -0.39 is 10.0 Å². The average molecular weight is 566 g/mol. The van der Waals surface area contributed by atoms with E-state index in [9.17, 15) is 18.0 Å². The van der Waals surface area contributed by atoms with Gasteiger partial charge < -0.3 is 19.3 Å². The van der Waals surface area contributed by atoms with Crippen molar-refractivity contribution in [2.75, 3.05) is 59.3 Å². The molecule has 1 saturated heterocycles. The molecule has 3 rings (SSSR count). The van der Waals surface area contributed by atoms with Crippen LogP contribution < -0.4 is 4.74 Å². The smallest absolute Gasteiger partial charge is 0.257 e. The second-order valence-electron chi connectivity index (χ2n) is 11.3. The highest BCUT2D eigenvalue weighted by Crippen LogP contribution is 2.26. The maximum absolute atomic E-state index is 13.8. The van der Waals surface area contributed by atoms with Crippen molar-refractivity contribution in [1.29, 1.82) is 0 Å². The molecule has 0 aromatic heterocycles. The number of para-hydroxylation sites is 1. The standard InChI is InChI=1S/C29H47N3O6S/c1-23(2)20-25-22-38-27-11-7-6-10-26(27)29(34)30(18-19-37-3)14-8-5-9-15-32(25)28(33)21-24-12-16-31(17-13-24)39(4,35)36/h6-7,10-11,23-25H,5,8-9,12-22H2,1-4H3/t25-/m0/s1. The molecule has 0 radical (unpaired) electrons. The lowest BCUT2D eigenvalue weighted by Crippen LogP contribution is -2.46. The van der Waals surface area contributed by atoms with Crippen LogP contribution >= 0.6 is 0 Å². The summed E-state index contributed by atoms with van der Waals surface area (Å²) < 4.78 is 36.9. The van der Waals surface area contributed by atoms with Gasteiger partial charge in [0.15, 0.2) is 0 Å². The summed E-state index contributed by atoms with van der Waals surface area (Å²) in [7, 11) is -1.56. The number of piperidine rings is 1. The topological polar surface area (TPSA) is 96.5 Å². The first-order valence-electron chi connectivity index (χ1n) is 14.3. The number of benzene rings is 1. The monoisotopic (exact) mass is 565 g/mol. The third kappa shape index (κ3) is 9.46. The van der Waals surface area contributed by atoms with Gasteiger partial charge in [0.1, 0.15) is 12.4 Å². The summed E-state index contributed by atoms with van der Waals surface area (Å²) in [5.74, 6) is 1.13. The maximum atomic E-state index is 13.8. The molecule has 1 fully saturated rings. The van der Waals surface area contributed by atoms with Gasteiger partial charge in [0.25, 0.3) is 5.91 Å². The average Bonchev–Trinajstić information content (AvgIpc) is 2.90. The van der Waals surface area contributed by atoms with E-state index in [1.807, 2.05) is 28.0 Å². The van der Waals surface area contributed by atoms with Crippen molar-refractivity contribution in [2.24, 2.45) is 11.8 Å². The Morgan fingerprint density at radius 1 is 1.08 bits per heavy atom. The molecule has 0 unspecified atom stereocenters. The van der Waals surface area contributed by atoms with Crippen LogP contribution in [0.2, 0.25) is 0 Å². The number of amides is 2. The predicted molar refractivity (Wildman–Crippen MR) is 152 cm³/mol. The van der Waals surface area contributed by atoms with Crippen LogP contribution in [0.1, 0.15) is 69.2 Å². The molecule has 0 saturated carbocycles. The molecular weight excluding hydrogens is 518 g/mol. The van der Waals surface area contributed by atoms with Gasteiger partial charge in [0, 0.05) is 46.3 Å². The Hall–Kier alpha value is -2.17. The minimum absolute atomic E-state index is 0.0596. The van der Waals surface area contributed by atoms with E-state index in [1.54, 1.807) is 13.2 Å². The van der Waals surface area contributed by atoms with Crippen LogP contribution in [0, 0.1) is 11.8 Å². The zero-order valence-corrected chi connectivity index (χ0v) is 25.0. The number of sulfonamides is 1. The first-order chi connectivity index (χ1) is 18.6. The highest BCUT2D eigenvalue weighted by molar-refractivity contribution is 7.88. The number of nitrogens with zero attached hydrogens (tertiary/aromatic N) is 3. The summed E-state index contributed by atoms with van der Waals surface area (Å²) in [6, 6.07) is 7.24. The summed E-state index contributed by atoms with van der Waals surface area (Å²) in [5.41, 5.74) is 0.534. The number of rotatable bonds is 8. The Kier molecular flexibility index (Phi) is 12.1. The summed E-state index contributed by atoms with van der Waals surface area (Å²) in [4.78, 5) is 31.1. The van der Waals surface area contributed by atoms with Crippen molar-refractivity contribution >= 4 is 21.8 Å². The van der Waals surface area contributed by atoms with Crippen molar-refractivity contribution in [2.45, 2.75) is 64.8 Å². The molecule has 39 heavy (non-hydrogen) atoms. The van der Waals surface area contributed by atoms with Crippen molar-refractivity contribution in [1.82, 2.24) is 14.1 Å². The van der Waals surface area contributed by atoms with E-state index in [1.165, 1.54) is 10.6 Å². The molecule has 0 N–H and O–H groups in total. The van der Waals surface area contributed by atoms with Crippen molar-refractivity contribution in [3.05, 3.63) is 29.8 Å². The van der Waals surface area contributed by atoms with Crippen LogP contribution in [0.5, 0.6) is 5.75 Å². The number of ether oxygens (including phenoxy) is 2. The third-order valence-corrected chi connectivity index (χ3v) is 9.04. The van der Waals surface area contributed by atoms with E-state index in [0.717, 1.165) is 25.7 Å². The molecule has 220 valence electrons. The summed E-state index contributed by atoms with van der Waals surface area (Å²) in [6.45, 7) is 7.82. The van der Waals surface area contributed by atoms with Gasteiger partial charge in [-0.05, 0) is 62.5 Å². The van der Waals surface area contributed by atoms with Crippen LogP contribution in [0.3, 0.4) is 0 Å². The quantitative estimate of drug-likeness (QED) is 0.478. The molecule has 9 nitrogen and oxygen atoms in total. The lowest BCUT2D eigenvalue weighted by Gasteiger charge is -2.35. The fourth-order valence-corrected chi connectivity index (χ4v) is 6.43. The largest absolute Gasteiger partial charge is 0.491 e. The molecule has 2 amide bonds. The molecule has 1 aromatic carbocycles. The van der Waals surface area contributed by atoms with Crippen molar-refractivity contribution in [3.63, 3.8) is 0 Å². The Balaban J connectivity index is 1.79. The van der Waals surface area contributed by atoms with E-state index in [-0.39, 0.29) is 23.8 Å². The summed E-state index contributed by atoms with van der Waals surface area (Å²) >= 11 is 0. The van der Waals surface area contributed by atoms with Gasteiger partial charge >= 0.3 is 0 Å². The van der Waals surface area contributed by atoms with Gasteiger partial charge in [-0.1, -0.05) is 26.0 Å². The SMILES string of the molecule is COCCN1CCCCCN(C(=O)CC2CCN(S(C)(=O)=O)CC2)[C@@H](CC(C)C)COc2ccccc2C1=O. The Morgan fingerprint density at radius 2 is 1.77 bits per heavy atom. The van der Waals surface area contributed by atoms with Crippen molar-refractivity contribution in [3.8, 4) is 5.75 Å². The molecule has 0 aliphatic carbocycles. The maximum Gasteiger partial charge on any atom is 0.257 e. The lowest BCUT2D eigenvalue weighted by molar-refractivity contribution is -0.136. The van der Waals surface area contributed by atoms with Gasteiger partial charge in [0.2, 0.25) is 15.9 Å². The number of carbonyl (C=O) groups is 2. The second-order valence-corrected chi connectivity index (χ2v) is 13.3. The second kappa shape index (κ2) is 15.0. The Morgan fingerprint density at radius 3 is 2.44 bits per heavy atom. The number of hydrogen-bond donors (Lipinski definition) is 0. The van der Waals surface area contributed by atoms with E-state index >= 15 is 0 Å². The molecule has 2 heterocycles. The van der Waals surface area contributed by atoms with Crippen LogP contribution in [0.15, 0.2) is 24.3 Å². The van der Waals surface area contributed by atoms with Crippen LogP contribution in [-0.2, 0) is 19.6 Å². The Labute approximate surface area is 234 Å².